The Kier molecular flexibility index (Phi) is 8.38. The van der Waals surface area contributed by atoms with Crippen LogP contribution in [0.2, 0.25) is 0 Å². The number of aryl methyl sites for hydroxylation is 3. The summed E-state index contributed by atoms with van der Waals surface area (Å²) >= 11 is 0. The fourth-order valence-corrected chi connectivity index (χ4v) is 4.52. The van der Waals surface area contributed by atoms with E-state index in [0.717, 1.165) is 35.2 Å². The summed E-state index contributed by atoms with van der Waals surface area (Å²) in [6.07, 6.45) is 9.74. The van der Waals surface area contributed by atoms with Crippen LogP contribution in [0.1, 0.15) is 61.3 Å². The van der Waals surface area contributed by atoms with Crippen LogP contribution < -0.4 is 0 Å². The number of aromatic nitrogens is 1. The van der Waals surface area contributed by atoms with E-state index in [1.807, 2.05) is 30.5 Å². The van der Waals surface area contributed by atoms with Gasteiger partial charge in [0.15, 0.2) is 0 Å². The van der Waals surface area contributed by atoms with E-state index in [0.29, 0.717) is 16.5 Å². The lowest BCUT2D eigenvalue weighted by atomic mass is 9.97. The first kappa shape index (κ1) is 25.4. The van der Waals surface area contributed by atoms with Gasteiger partial charge in [-0.3, -0.25) is 4.98 Å². The van der Waals surface area contributed by atoms with Gasteiger partial charge in [0.25, 0.3) is 0 Å². The number of nitriles is 1. The van der Waals surface area contributed by atoms with Gasteiger partial charge in [-0.25, -0.2) is 13.2 Å². The molecule has 2 nitrogen and oxygen atoms in total. The minimum atomic E-state index is -0.896. The zero-order chi connectivity index (χ0) is 25.5. The largest absolute Gasteiger partial charge is 0.256 e. The Morgan fingerprint density at radius 3 is 2.25 bits per heavy atom. The zero-order valence-corrected chi connectivity index (χ0v) is 20.5. The molecule has 4 aromatic rings. The molecule has 0 saturated heterocycles. The third kappa shape index (κ3) is 5.94. The molecule has 0 amide bonds. The van der Waals surface area contributed by atoms with E-state index in [1.54, 1.807) is 12.1 Å². The molecule has 0 N–H and O–H groups in total. The summed E-state index contributed by atoms with van der Waals surface area (Å²) in [6.45, 7) is 2.22. The first-order valence-electron chi connectivity index (χ1n) is 12.5. The van der Waals surface area contributed by atoms with Crippen molar-refractivity contribution in [3.05, 3.63) is 100 Å². The lowest BCUT2D eigenvalue weighted by Crippen LogP contribution is -1.99. The molecule has 0 aliphatic carbocycles. The Labute approximate surface area is 210 Å². The summed E-state index contributed by atoms with van der Waals surface area (Å²) in [5, 5.41) is 10.1. The van der Waals surface area contributed by atoms with Gasteiger partial charge >= 0.3 is 0 Å². The van der Waals surface area contributed by atoms with Crippen LogP contribution in [0, 0.1) is 28.8 Å². The highest BCUT2D eigenvalue weighted by Gasteiger charge is 2.13. The molecule has 0 saturated carbocycles. The Bertz CT molecular complexity index is 1360. The summed E-state index contributed by atoms with van der Waals surface area (Å²) in [5.41, 5.74) is 3.26. The van der Waals surface area contributed by atoms with Crippen LogP contribution >= 0.6 is 0 Å². The highest BCUT2D eigenvalue weighted by Crippen LogP contribution is 2.28. The van der Waals surface area contributed by atoms with Crippen LogP contribution in [0.25, 0.3) is 22.0 Å². The van der Waals surface area contributed by atoms with Crippen LogP contribution in [0.15, 0.2) is 60.8 Å². The Hall–Kier alpha value is -3.65. The molecule has 3 aromatic carbocycles. The number of pyridine rings is 1. The first-order chi connectivity index (χ1) is 17.5. The van der Waals surface area contributed by atoms with Gasteiger partial charge in [-0.2, -0.15) is 5.26 Å². The van der Waals surface area contributed by atoms with E-state index >= 15 is 4.39 Å². The van der Waals surface area contributed by atoms with Crippen LogP contribution in [-0.4, -0.2) is 4.98 Å². The molecule has 0 atom stereocenters. The molecular weight excluding hydrogens is 457 g/mol. The number of benzene rings is 3. The van der Waals surface area contributed by atoms with Crippen molar-refractivity contribution in [2.75, 3.05) is 0 Å². The predicted octanol–water partition coefficient (Wildman–Crippen LogP) is 8.49. The van der Waals surface area contributed by atoms with Crippen molar-refractivity contribution < 1.29 is 13.2 Å². The lowest BCUT2D eigenvalue weighted by molar-refractivity contribution is 0.572. The second-order valence-electron chi connectivity index (χ2n) is 9.24. The van der Waals surface area contributed by atoms with Crippen molar-refractivity contribution in [3.8, 4) is 17.3 Å². The summed E-state index contributed by atoms with van der Waals surface area (Å²) in [6, 6.07) is 17.1. The normalized spacial score (nSPS) is 11.1. The van der Waals surface area contributed by atoms with E-state index in [4.69, 9.17) is 5.26 Å². The van der Waals surface area contributed by atoms with Crippen molar-refractivity contribution in [1.82, 2.24) is 4.98 Å². The van der Waals surface area contributed by atoms with Gasteiger partial charge in [0, 0.05) is 17.1 Å². The van der Waals surface area contributed by atoms with E-state index in [9.17, 15) is 8.78 Å². The first-order valence-corrected chi connectivity index (χ1v) is 12.5. The minimum Gasteiger partial charge on any atom is -0.256 e. The summed E-state index contributed by atoms with van der Waals surface area (Å²) in [4.78, 5) is 4.63. The van der Waals surface area contributed by atoms with Crippen molar-refractivity contribution in [1.29, 1.82) is 5.26 Å². The van der Waals surface area contributed by atoms with Crippen molar-refractivity contribution >= 4 is 10.8 Å². The van der Waals surface area contributed by atoms with Crippen LogP contribution in [0.3, 0.4) is 0 Å². The number of hydrogen-bond acceptors (Lipinski definition) is 2. The SMILES string of the molecule is CCCCCCCc1ccc(-c2ccc3c(F)c(CCc4cc(F)c(C#N)c(F)c4)ccc3c2)nc1. The molecule has 0 spiro atoms. The monoisotopic (exact) mass is 486 g/mol. The number of halogens is 3. The Morgan fingerprint density at radius 1 is 0.778 bits per heavy atom. The molecule has 1 heterocycles. The molecule has 0 bridgehead atoms. The maximum atomic E-state index is 15.2. The van der Waals surface area contributed by atoms with Crippen LogP contribution in [0.4, 0.5) is 13.2 Å². The molecule has 5 heteroatoms. The summed E-state index contributed by atoms with van der Waals surface area (Å²) in [7, 11) is 0. The molecule has 1 aromatic heterocycles. The van der Waals surface area contributed by atoms with Crippen LogP contribution in [-0.2, 0) is 19.3 Å². The number of fused-ring (bicyclic) bond motifs is 1. The molecule has 0 fully saturated rings. The quantitative estimate of drug-likeness (QED) is 0.211. The van der Waals surface area contributed by atoms with Crippen molar-refractivity contribution in [3.63, 3.8) is 0 Å². The van der Waals surface area contributed by atoms with Gasteiger partial charge in [0.2, 0.25) is 0 Å². The lowest BCUT2D eigenvalue weighted by Gasteiger charge is -2.10. The average Bonchev–Trinajstić information content (AvgIpc) is 2.88. The van der Waals surface area contributed by atoms with Gasteiger partial charge in [0.05, 0.1) is 5.69 Å². The van der Waals surface area contributed by atoms with E-state index < -0.39 is 17.2 Å². The second-order valence-corrected chi connectivity index (χ2v) is 9.24. The molecule has 4 rings (SSSR count). The summed E-state index contributed by atoms with van der Waals surface area (Å²) < 4.78 is 43.0. The highest BCUT2D eigenvalue weighted by molar-refractivity contribution is 5.88. The Balaban J connectivity index is 1.45. The van der Waals surface area contributed by atoms with Gasteiger partial charge in [-0.05, 0) is 72.0 Å². The number of rotatable bonds is 10. The number of unbranched alkanes of at least 4 members (excludes halogenated alkanes) is 4. The molecule has 0 aliphatic rings. The van der Waals surface area contributed by atoms with E-state index in [1.165, 1.54) is 43.7 Å². The zero-order valence-electron chi connectivity index (χ0n) is 20.5. The molecule has 0 aliphatic heterocycles. The predicted molar refractivity (Wildman–Crippen MR) is 138 cm³/mol. The van der Waals surface area contributed by atoms with Gasteiger partial charge in [0.1, 0.15) is 29.1 Å². The highest BCUT2D eigenvalue weighted by atomic mass is 19.1. The molecule has 0 radical (unpaired) electrons. The molecular formula is C31H29F3N2. The van der Waals surface area contributed by atoms with Gasteiger partial charge < -0.3 is 0 Å². The van der Waals surface area contributed by atoms with E-state index in [-0.39, 0.29) is 18.7 Å². The molecule has 184 valence electrons. The molecule has 0 unspecified atom stereocenters. The Morgan fingerprint density at radius 2 is 1.56 bits per heavy atom. The maximum absolute atomic E-state index is 15.2. The maximum Gasteiger partial charge on any atom is 0.144 e. The summed E-state index contributed by atoms with van der Waals surface area (Å²) in [5.74, 6) is -2.12. The van der Waals surface area contributed by atoms with Gasteiger partial charge in [-0.1, -0.05) is 62.9 Å². The average molecular weight is 487 g/mol. The minimum absolute atomic E-state index is 0.259. The topological polar surface area (TPSA) is 36.7 Å². The van der Waals surface area contributed by atoms with Gasteiger partial charge in [-0.15, -0.1) is 0 Å². The second kappa shape index (κ2) is 11.9. The standard InChI is InChI=1S/C31H29F3N2/c1-2-3-4-5-6-7-21-9-15-30(36-20-21)25-13-14-26-24(18-25)12-11-23(31(26)34)10-8-22-16-28(32)27(19-35)29(33)17-22/h9,11-18,20H,2-8,10H2,1H3. The van der Waals surface area contributed by atoms with Crippen molar-refractivity contribution in [2.45, 2.75) is 58.3 Å². The third-order valence-electron chi connectivity index (χ3n) is 6.62. The fourth-order valence-electron chi connectivity index (χ4n) is 4.52. The third-order valence-corrected chi connectivity index (χ3v) is 6.62. The fraction of sp³-hybridized carbons (Fsp3) is 0.290. The van der Waals surface area contributed by atoms with Crippen LogP contribution in [0.5, 0.6) is 0 Å². The smallest absolute Gasteiger partial charge is 0.144 e. The number of hydrogen-bond donors (Lipinski definition) is 0. The molecule has 36 heavy (non-hydrogen) atoms. The number of nitrogens with zero attached hydrogens (tertiary/aromatic N) is 2. The van der Waals surface area contributed by atoms with E-state index in [2.05, 4.69) is 18.0 Å². The van der Waals surface area contributed by atoms with Crippen molar-refractivity contribution in [2.24, 2.45) is 0 Å².